The van der Waals surface area contributed by atoms with Gasteiger partial charge in [0, 0.05) is 5.92 Å². The molecule has 1 heteroatoms. The quantitative estimate of drug-likeness (QED) is 0.673. The van der Waals surface area contributed by atoms with Crippen molar-refractivity contribution in [1.29, 1.82) is 5.26 Å². The molecule has 0 spiro atoms. The average molecular weight is 233 g/mol. The van der Waals surface area contributed by atoms with Crippen molar-refractivity contribution in [3.8, 4) is 6.07 Å². The van der Waals surface area contributed by atoms with Crippen LogP contribution in [0.5, 0.6) is 0 Å². The molecule has 0 aromatic rings. The second kappa shape index (κ2) is 5.89. The summed E-state index contributed by atoms with van der Waals surface area (Å²) < 4.78 is 0. The lowest BCUT2D eigenvalue weighted by molar-refractivity contribution is 0.102. The molecular formula is C16H27N. The largest absolute Gasteiger partial charge is 0.198 e. The Balaban J connectivity index is 1.85. The third-order valence-corrected chi connectivity index (χ3v) is 5.48. The molecule has 0 aromatic heterocycles. The molecule has 0 heterocycles. The maximum Gasteiger partial charge on any atom is 0.0655 e. The van der Waals surface area contributed by atoms with E-state index in [2.05, 4.69) is 19.9 Å². The van der Waals surface area contributed by atoms with E-state index in [-0.39, 0.29) is 0 Å². The van der Waals surface area contributed by atoms with Crippen LogP contribution in [-0.2, 0) is 0 Å². The van der Waals surface area contributed by atoms with E-state index in [1.165, 1.54) is 51.4 Å². The van der Waals surface area contributed by atoms with Gasteiger partial charge < -0.3 is 0 Å². The van der Waals surface area contributed by atoms with Crippen molar-refractivity contribution in [2.45, 2.75) is 65.2 Å². The summed E-state index contributed by atoms with van der Waals surface area (Å²) in [6.07, 6.45) is 10.7. The number of nitrogens with zero attached hydrogens (tertiary/aromatic N) is 1. The van der Waals surface area contributed by atoms with E-state index >= 15 is 0 Å². The zero-order chi connectivity index (χ0) is 12.3. The second-order valence-electron chi connectivity index (χ2n) is 6.47. The van der Waals surface area contributed by atoms with Crippen molar-refractivity contribution < 1.29 is 0 Å². The first-order chi connectivity index (χ1) is 8.24. The van der Waals surface area contributed by atoms with Crippen LogP contribution < -0.4 is 0 Å². The monoisotopic (exact) mass is 233 g/mol. The van der Waals surface area contributed by atoms with E-state index in [0.717, 1.165) is 23.7 Å². The molecule has 0 aromatic carbocycles. The number of rotatable bonds is 2. The van der Waals surface area contributed by atoms with E-state index in [0.29, 0.717) is 5.92 Å². The molecule has 0 bridgehead atoms. The van der Waals surface area contributed by atoms with Gasteiger partial charge in [0.25, 0.3) is 0 Å². The summed E-state index contributed by atoms with van der Waals surface area (Å²) in [6.45, 7) is 4.82. The smallest absolute Gasteiger partial charge is 0.0655 e. The Morgan fingerprint density at radius 1 is 1.06 bits per heavy atom. The van der Waals surface area contributed by atoms with Crippen LogP contribution >= 0.6 is 0 Å². The van der Waals surface area contributed by atoms with Crippen molar-refractivity contribution in [1.82, 2.24) is 0 Å². The van der Waals surface area contributed by atoms with Crippen molar-refractivity contribution in [2.24, 2.45) is 29.6 Å². The van der Waals surface area contributed by atoms with Crippen LogP contribution in [0.25, 0.3) is 0 Å². The van der Waals surface area contributed by atoms with Gasteiger partial charge in [0.05, 0.1) is 6.07 Å². The van der Waals surface area contributed by atoms with Crippen molar-refractivity contribution in [3.05, 3.63) is 0 Å². The molecular weight excluding hydrogens is 206 g/mol. The van der Waals surface area contributed by atoms with Gasteiger partial charge in [-0.1, -0.05) is 26.7 Å². The first-order valence-corrected chi connectivity index (χ1v) is 7.64. The Morgan fingerprint density at radius 2 is 1.76 bits per heavy atom. The molecule has 1 nitrogen and oxygen atoms in total. The van der Waals surface area contributed by atoms with Gasteiger partial charge in [0.2, 0.25) is 0 Å². The summed E-state index contributed by atoms with van der Waals surface area (Å²) in [4.78, 5) is 0. The van der Waals surface area contributed by atoms with E-state index < -0.39 is 0 Å². The minimum atomic E-state index is 0.369. The molecule has 1 unspecified atom stereocenters. The fourth-order valence-corrected chi connectivity index (χ4v) is 4.28. The summed E-state index contributed by atoms with van der Waals surface area (Å²) in [5.74, 6) is 4.20. The molecule has 0 saturated heterocycles. The average Bonchev–Trinajstić information content (AvgIpc) is 2.39. The normalized spacial score (nSPS) is 43.0. The van der Waals surface area contributed by atoms with Crippen LogP contribution in [0.4, 0.5) is 0 Å². The fraction of sp³-hybridized carbons (Fsp3) is 0.938. The minimum absolute atomic E-state index is 0.369. The van der Waals surface area contributed by atoms with Crippen LogP contribution in [0, 0.1) is 40.9 Å². The van der Waals surface area contributed by atoms with E-state index in [9.17, 15) is 0 Å². The highest BCUT2D eigenvalue weighted by Crippen LogP contribution is 2.44. The van der Waals surface area contributed by atoms with E-state index in [1.807, 2.05) is 0 Å². The van der Waals surface area contributed by atoms with Gasteiger partial charge in [-0.2, -0.15) is 5.26 Å². The summed E-state index contributed by atoms with van der Waals surface area (Å²) in [5, 5.41) is 8.96. The SMILES string of the molecule is CC[C@H]1CCC([C@H]2CC[C@H](C#N)CC2)[C@H](C)C1. The third-order valence-electron chi connectivity index (χ3n) is 5.48. The summed E-state index contributed by atoms with van der Waals surface area (Å²) >= 11 is 0. The number of hydrogen-bond acceptors (Lipinski definition) is 1. The zero-order valence-corrected chi connectivity index (χ0v) is 11.5. The molecule has 96 valence electrons. The van der Waals surface area contributed by atoms with Crippen molar-refractivity contribution in [2.75, 3.05) is 0 Å². The summed E-state index contributed by atoms with van der Waals surface area (Å²) in [7, 11) is 0. The summed E-state index contributed by atoms with van der Waals surface area (Å²) in [5.41, 5.74) is 0. The van der Waals surface area contributed by atoms with Gasteiger partial charge in [-0.05, 0) is 62.2 Å². The van der Waals surface area contributed by atoms with Crippen LogP contribution in [0.1, 0.15) is 65.2 Å². The van der Waals surface area contributed by atoms with Gasteiger partial charge in [-0.15, -0.1) is 0 Å². The standard InChI is InChI=1S/C16H27N/c1-3-13-6-9-16(12(2)10-13)15-7-4-14(11-17)5-8-15/h12-16H,3-10H2,1-2H3/t12-,13+,14-,15-,16?/m1/s1. The first kappa shape index (κ1) is 12.9. The molecule has 2 fully saturated rings. The van der Waals surface area contributed by atoms with Gasteiger partial charge in [0.15, 0.2) is 0 Å². The molecule has 3 atom stereocenters. The summed E-state index contributed by atoms with van der Waals surface area (Å²) in [6, 6.07) is 2.45. The molecule has 2 saturated carbocycles. The molecule has 2 aliphatic rings. The Bertz CT molecular complexity index is 270. The predicted molar refractivity (Wildman–Crippen MR) is 71.3 cm³/mol. The lowest BCUT2D eigenvalue weighted by atomic mass is 9.65. The third kappa shape index (κ3) is 3.03. The lowest BCUT2D eigenvalue weighted by Crippen LogP contribution is -2.31. The number of nitriles is 1. The van der Waals surface area contributed by atoms with Crippen molar-refractivity contribution >= 4 is 0 Å². The fourth-order valence-electron chi connectivity index (χ4n) is 4.28. The highest BCUT2D eigenvalue weighted by molar-refractivity contribution is 4.90. The highest BCUT2D eigenvalue weighted by Gasteiger charge is 2.34. The maximum atomic E-state index is 8.96. The Kier molecular flexibility index (Phi) is 4.48. The maximum absolute atomic E-state index is 8.96. The molecule has 0 N–H and O–H groups in total. The van der Waals surface area contributed by atoms with Crippen LogP contribution in [0.15, 0.2) is 0 Å². The number of hydrogen-bond donors (Lipinski definition) is 0. The van der Waals surface area contributed by atoms with Crippen LogP contribution in [0.2, 0.25) is 0 Å². The highest BCUT2D eigenvalue weighted by atomic mass is 14.4. The van der Waals surface area contributed by atoms with Crippen LogP contribution in [0.3, 0.4) is 0 Å². The first-order valence-electron chi connectivity index (χ1n) is 7.64. The van der Waals surface area contributed by atoms with Gasteiger partial charge in [-0.25, -0.2) is 0 Å². The van der Waals surface area contributed by atoms with Gasteiger partial charge in [0.1, 0.15) is 0 Å². The van der Waals surface area contributed by atoms with Gasteiger partial charge >= 0.3 is 0 Å². The van der Waals surface area contributed by atoms with Crippen LogP contribution in [-0.4, -0.2) is 0 Å². The molecule has 2 rings (SSSR count). The Labute approximate surface area is 107 Å². The Morgan fingerprint density at radius 3 is 2.29 bits per heavy atom. The molecule has 0 aliphatic heterocycles. The topological polar surface area (TPSA) is 23.8 Å². The van der Waals surface area contributed by atoms with E-state index in [4.69, 9.17) is 5.26 Å². The van der Waals surface area contributed by atoms with Gasteiger partial charge in [-0.3, -0.25) is 0 Å². The predicted octanol–water partition coefficient (Wildman–Crippen LogP) is 4.78. The molecule has 17 heavy (non-hydrogen) atoms. The Hall–Kier alpha value is -0.510. The molecule has 0 radical (unpaired) electrons. The second-order valence-corrected chi connectivity index (χ2v) is 6.47. The lowest BCUT2D eigenvalue weighted by Gasteiger charge is -2.40. The molecule has 0 amide bonds. The van der Waals surface area contributed by atoms with Crippen molar-refractivity contribution in [3.63, 3.8) is 0 Å². The minimum Gasteiger partial charge on any atom is -0.198 e. The molecule has 2 aliphatic carbocycles. The van der Waals surface area contributed by atoms with E-state index in [1.54, 1.807) is 0 Å². The zero-order valence-electron chi connectivity index (χ0n) is 11.5.